The highest BCUT2D eigenvalue weighted by Crippen LogP contribution is 2.58. The highest BCUT2D eigenvalue weighted by Gasteiger charge is 2.54. The number of hydrogen-bond donors (Lipinski definition) is 5. The average molecular weight is 593 g/mol. The predicted octanol–water partition coefficient (Wildman–Crippen LogP) is 2.08. The summed E-state index contributed by atoms with van der Waals surface area (Å²) in [6.07, 6.45) is 0. The van der Waals surface area contributed by atoms with Crippen LogP contribution in [0, 0.1) is 6.92 Å². The lowest BCUT2D eigenvalue weighted by Gasteiger charge is -2.38. The second-order valence-corrected chi connectivity index (χ2v) is 10.4. The molecule has 5 rings (SSSR count). The van der Waals surface area contributed by atoms with Gasteiger partial charge < -0.3 is 35.0 Å². The summed E-state index contributed by atoms with van der Waals surface area (Å²) in [5.74, 6) is -4.57. The number of nitrogens with zero attached hydrogens (tertiary/aromatic N) is 2. The van der Waals surface area contributed by atoms with Gasteiger partial charge in [0.25, 0.3) is 0 Å². The van der Waals surface area contributed by atoms with Crippen LogP contribution >= 0.6 is 0 Å². The molecule has 0 radical (unpaired) electrons. The van der Waals surface area contributed by atoms with Crippen molar-refractivity contribution in [3.05, 3.63) is 87.5 Å². The number of rotatable bonds is 11. The second kappa shape index (κ2) is 11.4. The van der Waals surface area contributed by atoms with Gasteiger partial charge in [0.15, 0.2) is 5.60 Å². The molecule has 1 spiro atoms. The fourth-order valence-electron chi connectivity index (χ4n) is 5.66. The molecule has 2 aliphatic heterocycles. The Morgan fingerprint density at radius 1 is 0.837 bits per heavy atom. The van der Waals surface area contributed by atoms with Crippen LogP contribution < -0.4 is 4.74 Å². The molecule has 13 nitrogen and oxygen atoms in total. The third kappa shape index (κ3) is 5.36. The topological polar surface area (TPSA) is 194 Å². The number of aliphatic hydroxyl groups is 1. The minimum atomic E-state index is -1.58. The first-order chi connectivity index (χ1) is 20.4. The highest BCUT2D eigenvalue weighted by molar-refractivity contribution is 5.97. The van der Waals surface area contributed by atoms with Crippen LogP contribution in [0.5, 0.6) is 17.2 Å². The quantitative estimate of drug-likeness (QED) is 0.161. The van der Waals surface area contributed by atoms with Gasteiger partial charge in [-0.2, -0.15) is 0 Å². The normalized spacial score (nSPS) is 16.4. The first-order valence-corrected chi connectivity index (χ1v) is 13.2. The van der Waals surface area contributed by atoms with Gasteiger partial charge in [-0.15, -0.1) is 0 Å². The standard InChI is InChI=1S/C30H28N2O11/c1-16-6-7-21-23(8-16)42-28-19(11-31(12-24(34)35)13-25(36)37)27(40)17(10-32(15-33)14-26(38)39)9-22(28)30(21)20-5-3-2-4-18(20)29(41)43-30/h2-9,33,40H,10-15H2,1H3,(H,34,35)(H,36,37)(H,38,39). The lowest BCUT2D eigenvalue weighted by atomic mass is 9.76. The lowest BCUT2D eigenvalue weighted by Crippen LogP contribution is -2.36. The Labute approximate surface area is 244 Å². The molecule has 13 heteroatoms. The van der Waals surface area contributed by atoms with Crippen LogP contribution in [-0.2, 0) is 37.8 Å². The minimum absolute atomic E-state index is 0.00447. The van der Waals surface area contributed by atoms with Gasteiger partial charge in [-0.25, -0.2) is 4.79 Å². The number of esters is 1. The molecule has 2 aliphatic rings. The van der Waals surface area contributed by atoms with Gasteiger partial charge in [0, 0.05) is 35.3 Å². The van der Waals surface area contributed by atoms with Crippen molar-refractivity contribution in [3.63, 3.8) is 0 Å². The number of benzene rings is 3. The molecule has 1 atom stereocenters. The Morgan fingerprint density at radius 3 is 2.14 bits per heavy atom. The Kier molecular flexibility index (Phi) is 7.80. The number of carboxylic acid groups (broad SMARTS) is 3. The second-order valence-electron chi connectivity index (χ2n) is 10.4. The van der Waals surface area contributed by atoms with Crippen molar-refractivity contribution in [2.75, 3.05) is 26.4 Å². The summed E-state index contributed by atoms with van der Waals surface area (Å²) in [5, 5.41) is 49.7. The highest BCUT2D eigenvalue weighted by atomic mass is 16.6. The number of fused-ring (bicyclic) bond motifs is 6. The number of aliphatic hydroxyl groups excluding tert-OH is 1. The molecular formula is C30H28N2O11. The number of phenolic OH excluding ortho intramolecular Hbond substituents is 1. The maximum atomic E-state index is 13.3. The van der Waals surface area contributed by atoms with Gasteiger partial charge in [0.1, 0.15) is 17.2 Å². The molecule has 0 aliphatic carbocycles. The van der Waals surface area contributed by atoms with E-state index in [0.717, 1.165) is 15.4 Å². The van der Waals surface area contributed by atoms with Crippen LogP contribution in [0.2, 0.25) is 0 Å². The first kappa shape index (κ1) is 29.5. The average Bonchev–Trinajstić information content (AvgIpc) is 3.22. The summed E-state index contributed by atoms with van der Waals surface area (Å²) in [5.41, 5.74) is 0.830. The summed E-state index contributed by atoms with van der Waals surface area (Å²) >= 11 is 0. The number of carbonyl (C=O) groups excluding carboxylic acids is 1. The molecule has 0 amide bonds. The molecule has 0 saturated heterocycles. The van der Waals surface area contributed by atoms with Gasteiger partial charge in [0.05, 0.1) is 37.5 Å². The van der Waals surface area contributed by atoms with Crippen LogP contribution in [-0.4, -0.2) is 85.6 Å². The van der Waals surface area contributed by atoms with Crippen molar-refractivity contribution in [1.29, 1.82) is 0 Å². The van der Waals surface area contributed by atoms with E-state index in [9.17, 15) is 44.7 Å². The Hall–Kier alpha value is -4.98. The monoisotopic (exact) mass is 592 g/mol. The van der Waals surface area contributed by atoms with E-state index in [1.165, 1.54) is 6.07 Å². The van der Waals surface area contributed by atoms with Gasteiger partial charge >= 0.3 is 23.9 Å². The van der Waals surface area contributed by atoms with Crippen molar-refractivity contribution < 1.29 is 54.2 Å². The van der Waals surface area contributed by atoms with E-state index >= 15 is 0 Å². The van der Waals surface area contributed by atoms with E-state index in [1.807, 2.05) is 13.0 Å². The van der Waals surface area contributed by atoms with Crippen molar-refractivity contribution in [1.82, 2.24) is 9.80 Å². The van der Waals surface area contributed by atoms with Crippen LogP contribution in [0.4, 0.5) is 0 Å². The summed E-state index contributed by atoms with van der Waals surface area (Å²) < 4.78 is 12.5. The van der Waals surface area contributed by atoms with Crippen LogP contribution in [0.1, 0.15) is 43.7 Å². The van der Waals surface area contributed by atoms with Crippen molar-refractivity contribution in [2.45, 2.75) is 25.6 Å². The summed E-state index contributed by atoms with van der Waals surface area (Å²) in [6.45, 7) is -1.49. The van der Waals surface area contributed by atoms with Crippen molar-refractivity contribution >= 4 is 23.9 Å². The zero-order valence-corrected chi connectivity index (χ0v) is 22.9. The number of phenols is 1. The fraction of sp³-hybridized carbons (Fsp3) is 0.267. The smallest absolute Gasteiger partial charge is 0.340 e. The lowest BCUT2D eigenvalue weighted by molar-refractivity contribution is -0.142. The van der Waals surface area contributed by atoms with E-state index in [0.29, 0.717) is 22.4 Å². The molecular weight excluding hydrogens is 564 g/mol. The van der Waals surface area contributed by atoms with Gasteiger partial charge in [-0.05, 0) is 30.7 Å². The van der Waals surface area contributed by atoms with Gasteiger partial charge in [-0.1, -0.05) is 30.3 Å². The largest absolute Gasteiger partial charge is 0.507 e. The molecule has 3 aromatic carbocycles. The van der Waals surface area contributed by atoms with Crippen LogP contribution in [0.15, 0.2) is 48.5 Å². The number of carbonyl (C=O) groups is 4. The number of ether oxygens (including phenoxy) is 2. The Balaban J connectivity index is 1.80. The molecule has 2 heterocycles. The Morgan fingerprint density at radius 2 is 1.49 bits per heavy atom. The van der Waals surface area contributed by atoms with E-state index in [1.54, 1.807) is 36.4 Å². The van der Waals surface area contributed by atoms with Crippen LogP contribution in [0.3, 0.4) is 0 Å². The summed E-state index contributed by atoms with van der Waals surface area (Å²) in [6, 6.07) is 13.5. The van der Waals surface area contributed by atoms with E-state index in [-0.39, 0.29) is 29.0 Å². The molecule has 3 aromatic rings. The van der Waals surface area contributed by atoms with Gasteiger partial charge in [0.2, 0.25) is 0 Å². The van der Waals surface area contributed by atoms with Crippen LogP contribution in [0.25, 0.3) is 0 Å². The number of aliphatic carboxylic acids is 3. The molecule has 0 saturated carbocycles. The zero-order chi connectivity index (χ0) is 31.1. The third-order valence-corrected chi connectivity index (χ3v) is 7.36. The number of carboxylic acids is 3. The maximum absolute atomic E-state index is 13.3. The summed E-state index contributed by atoms with van der Waals surface area (Å²) in [7, 11) is 0. The SMILES string of the molecule is Cc1ccc2c(c1)Oc1c(cc(CN(CO)CC(=O)O)c(O)c1CN(CC(=O)O)CC(=O)O)C21OC(=O)c2ccccc21. The predicted molar refractivity (Wildman–Crippen MR) is 147 cm³/mol. The van der Waals surface area contributed by atoms with E-state index < -0.39 is 68.1 Å². The van der Waals surface area contributed by atoms with E-state index in [4.69, 9.17) is 9.47 Å². The molecule has 0 fully saturated rings. The minimum Gasteiger partial charge on any atom is -0.507 e. The molecule has 0 aromatic heterocycles. The van der Waals surface area contributed by atoms with Crippen molar-refractivity contribution in [2.24, 2.45) is 0 Å². The van der Waals surface area contributed by atoms with E-state index in [2.05, 4.69) is 0 Å². The summed E-state index contributed by atoms with van der Waals surface area (Å²) in [4.78, 5) is 50.1. The maximum Gasteiger partial charge on any atom is 0.340 e. The van der Waals surface area contributed by atoms with Gasteiger partial charge in [-0.3, -0.25) is 24.2 Å². The Bertz CT molecular complexity index is 1640. The molecule has 43 heavy (non-hydrogen) atoms. The number of aromatic hydroxyl groups is 1. The first-order valence-electron chi connectivity index (χ1n) is 13.2. The number of hydrogen-bond acceptors (Lipinski definition) is 10. The molecule has 1 unspecified atom stereocenters. The fourth-order valence-corrected chi connectivity index (χ4v) is 5.66. The molecule has 0 bridgehead atoms. The number of aryl methyl sites for hydroxylation is 1. The molecule has 5 N–H and O–H groups in total. The molecule has 224 valence electrons. The zero-order valence-electron chi connectivity index (χ0n) is 22.9. The van der Waals surface area contributed by atoms with Crippen molar-refractivity contribution in [3.8, 4) is 17.2 Å². The third-order valence-electron chi connectivity index (χ3n) is 7.36.